The highest BCUT2D eigenvalue weighted by atomic mass is 19.4. The van der Waals surface area contributed by atoms with Gasteiger partial charge in [-0.05, 0) is 66.6 Å². The molecule has 1 aromatic heterocycles. The predicted molar refractivity (Wildman–Crippen MR) is 124 cm³/mol. The SMILES string of the molecule is O=C(NCc1ccccn1)[C@H]1Cc2cc(C(F)(F)F)ccc2N2CCN(c3ccc(F)cc3)C[C@H]12. The number of piperazine rings is 1. The van der Waals surface area contributed by atoms with Crippen LogP contribution in [0, 0.1) is 11.7 Å². The third kappa shape index (κ3) is 4.80. The van der Waals surface area contributed by atoms with Crippen molar-refractivity contribution >= 4 is 17.3 Å². The highest BCUT2D eigenvalue weighted by Gasteiger charge is 2.42. The third-order valence-corrected chi connectivity index (χ3v) is 6.74. The molecular weight excluding hydrogens is 460 g/mol. The predicted octanol–water partition coefficient (Wildman–Crippen LogP) is 4.42. The molecule has 5 nitrogen and oxygen atoms in total. The monoisotopic (exact) mass is 484 g/mol. The lowest BCUT2D eigenvalue weighted by molar-refractivity contribution is -0.137. The molecule has 35 heavy (non-hydrogen) atoms. The summed E-state index contributed by atoms with van der Waals surface area (Å²) in [6.07, 6.45) is -2.62. The van der Waals surface area contributed by atoms with E-state index in [0.717, 1.165) is 23.5 Å². The van der Waals surface area contributed by atoms with Gasteiger partial charge in [-0.3, -0.25) is 9.78 Å². The summed E-state index contributed by atoms with van der Waals surface area (Å²) in [6, 6.07) is 15.1. The van der Waals surface area contributed by atoms with Crippen LogP contribution in [0.4, 0.5) is 28.9 Å². The first kappa shape index (κ1) is 23.1. The van der Waals surface area contributed by atoms with Crippen LogP contribution in [0.3, 0.4) is 0 Å². The largest absolute Gasteiger partial charge is 0.416 e. The van der Waals surface area contributed by atoms with Gasteiger partial charge in [-0.15, -0.1) is 0 Å². The molecule has 2 aliphatic rings. The summed E-state index contributed by atoms with van der Waals surface area (Å²) in [5.74, 6) is -1.11. The number of rotatable bonds is 4. The van der Waals surface area contributed by atoms with Crippen molar-refractivity contribution in [2.75, 3.05) is 29.4 Å². The first-order chi connectivity index (χ1) is 16.8. The number of benzene rings is 2. The van der Waals surface area contributed by atoms with Gasteiger partial charge in [-0.2, -0.15) is 13.2 Å². The van der Waals surface area contributed by atoms with E-state index >= 15 is 0 Å². The van der Waals surface area contributed by atoms with Crippen molar-refractivity contribution in [2.24, 2.45) is 5.92 Å². The Kier molecular flexibility index (Phi) is 6.08. The smallest absolute Gasteiger partial charge is 0.368 e. The molecule has 0 unspecified atom stereocenters. The molecule has 0 radical (unpaired) electrons. The molecule has 1 saturated heterocycles. The Morgan fingerprint density at radius 2 is 1.86 bits per heavy atom. The van der Waals surface area contributed by atoms with Crippen molar-refractivity contribution in [3.05, 3.63) is 89.5 Å². The van der Waals surface area contributed by atoms with E-state index in [1.165, 1.54) is 18.2 Å². The summed E-state index contributed by atoms with van der Waals surface area (Å²) < 4.78 is 53.6. The van der Waals surface area contributed by atoms with Crippen LogP contribution in [0.1, 0.15) is 16.8 Å². The lowest BCUT2D eigenvalue weighted by Gasteiger charge is -2.49. The summed E-state index contributed by atoms with van der Waals surface area (Å²) in [5.41, 5.74) is 2.08. The Morgan fingerprint density at radius 3 is 2.57 bits per heavy atom. The summed E-state index contributed by atoms with van der Waals surface area (Å²) in [7, 11) is 0. The fourth-order valence-corrected chi connectivity index (χ4v) is 5.00. The molecule has 1 amide bonds. The molecule has 2 aliphatic heterocycles. The number of anilines is 2. The molecule has 3 heterocycles. The van der Waals surface area contributed by atoms with E-state index in [-0.39, 0.29) is 30.7 Å². The first-order valence-corrected chi connectivity index (χ1v) is 11.4. The highest BCUT2D eigenvalue weighted by Crippen LogP contribution is 2.40. The molecule has 1 fully saturated rings. The number of pyridine rings is 1. The Labute approximate surface area is 200 Å². The number of fused-ring (bicyclic) bond motifs is 3. The Bertz CT molecular complexity index is 1200. The second kappa shape index (κ2) is 9.20. The zero-order chi connectivity index (χ0) is 24.6. The van der Waals surface area contributed by atoms with Gasteiger partial charge in [0.25, 0.3) is 0 Å². The number of carbonyl (C=O) groups excluding carboxylic acids is 1. The van der Waals surface area contributed by atoms with Crippen LogP contribution in [-0.4, -0.2) is 36.6 Å². The Balaban J connectivity index is 1.44. The molecule has 2 aromatic carbocycles. The Hall–Kier alpha value is -3.62. The van der Waals surface area contributed by atoms with Crippen LogP contribution >= 0.6 is 0 Å². The number of aromatic nitrogens is 1. The molecule has 0 aliphatic carbocycles. The van der Waals surface area contributed by atoms with Gasteiger partial charge in [0, 0.05) is 37.2 Å². The number of hydrogen-bond acceptors (Lipinski definition) is 4. The molecular formula is C26H24F4N4O. The van der Waals surface area contributed by atoms with E-state index in [0.29, 0.717) is 30.9 Å². The quantitative estimate of drug-likeness (QED) is 0.557. The normalized spacial score (nSPS) is 19.7. The maximum absolute atomic E-state index is 13.4. The van der Waals surface area contributed by atoms with Gasteiger partial charge < -0.3 is 15.1 Å². The standard InChI is InChI=1S/C26H24F4N4O/c27-19-5-7-21(8-6-19)33-11-12-34-23-9-4-18(26(28,29)30)13-17(23)14-22(24(34)16-33)25(35)32-15-20-3-1-2-10-31-20/h1-10,13,22,24H,11-12,14-16H2,(H,32,35)/t22-,24+/m0/s1. The van der Waals surface area contributed by atoms with Gasteiger partial charge in [0.15, 0.2) is 0 Å². The molecule has 0 spiro atoms. The average molecular weight is 484 g/mol. The summed E-state index contributed by atoms with van der Waals surface area (Å²) in [4.78, 5) is 21.7. The maximum atomic E-state index is 13.4. The number of carbonyl (C=O) groups is 1. The molecule has 3 aromatic rings. The Morgan fingerprint density at radius 1 is 1.06 bits per heavy atom. The molecule has 1 N–H and O–H groups in total. The average Bonchev–Trinajstić information content (AvgIpc) is 2.86. The van der Waals surface area contributed by atoms with Crippen molar-refractivity contribution < 1.29 is 22.4 Å². The molecule has 9 heteroatoms. The van der Waals surface area contributed by atoms with Gasteiger partial charge in [0.1, 0.15) is 5.82 Å². The number of alkyl halides is 3. The summed E-state index contributed by atoms with van der Waals surface area (Å²) >= 11 is 0. The fourth-order valence-electron chi connectivity index (χ4n) is 5.00. The van der Waals surface area contributed by atoms with Crippen LogP contribution in [-0.2, 0) is 23.9 Å². The molecule has 2 atom stereocenters. The van der Waals surface area contributed by atoms with E-state index in [4.69, 9.17) is 0 Å². The van der Waals surface area contributed by atoms with Gasteiger partial charge >= 0.3 is 6.18 Å². The van der Waals surface area contributed by atoms with Crippen LogP contribution in [0.25, 0.3) is 0 Å². The van der Waals surface area contributed by atoms with Crippen molar-refractivity contribution in [1.82, 2.24) is 10.3 Å². The van der Waals surface area contributed by atoms with Gasteiger partial charge in [-0.1, -0.05) is 6.07 Å². The van der Waals surface area contributed by atoms with E-state index in [2.05, 4.69) is 15.2 Å². The van der Waals surface area contributed by atoms with E-state index < -0.39 is 17.7 Å². The number of hydrogen-bond donors (Lipinski definition) is 1. The second-order valence-corrected chi connectivity index (χ2v) is 8.87. The second-order valence-electron chi connectivity index (χ2n) is 8.87. The van der Waals surface area contributed by atoms with Crippen molar-refractivity contribution in [1.29, 1.82) is 0 Å². The topological polar surface area (TPSA) is 48.5 Å². The van der Waals surface area contributed by atoms with Crippen molar-refractivity contribution in [3.63, 3.8) is 0 Å². The number of nitrogens with zero attached hydrogens (tertiary/aromatic N) is 3. The molecule has 0 bridgehead atoms. The minimum atomic E-state index is -4.45. The van der Waals surface area contributed by atoms with Gasteiger partial charge in [0.2, 0.25) is 5.91 Å². The van der Waals surface area contributed by atoms with Crippen molar-refractivity contribution in [2.45, 2.75) is 25.2 Å². The first-order valence-electron chi connectivity index (χ1n) is 11.4. The lowest BCUT2D eigenvalue weighted by Crippen LogP contribution is -2.61. The lowest BCUT2D eigenvalue weighted by atomic mass is 9.82. The third-order valence-electron chi connectivity index (χ3n) is 6.74. The summed E-state index contributed by atoms with van der Waals surface area (Å²) in [6.45, 7) is 1.86. The highest BCUT2D eigenvalue weighted by molar-refractivity contribution is 5.82. The number of amides is 1. The van der Waals surface area contributed by atoms with Crippen LogP contribution in [0.15, 0.2) is 66.9 Å². The van der Waals surface area contributed by atoms with Crippen LogP contribution in [0.2, 0.25) is 0 Å². The number of nitrogens with one attached hydrogen (secondary N) is 1. The van der Waals surface area contributed by atoms with E-state index in [1.54, 1.807) is 30.5 Å². The molecule has 0 saturated carbocycles. The van der Waals surface area contributed by atoms with Crippen molar-refractivity contribution in [3.8, 4) is 0 Å². The van der Waals surface area contributed by atoms with Gasteiger partial charge in [0.05, 0.1) is 29.8 Å². The zero-order valence-electron chi connectivity index (χ0n) is 18.8. The molecule has 5 rings (SSSR count). The maximum Gasteiger partial charge on any atom is 0.416 e. The van der Waals surface area contributed by atoms with E-state index in [9.17, 15) is 22.4 Å². The van der Waals surface area contributed by atoms with Crippen LogP contribution in [0.5, 0.6) is 0 Å². The number of halogens is 4. The minimum absolute atomic E-state index is 0.200. The van der Waals surface area contributed by atoms with Crippen LogP contribution < -0.4 is 15.1 Å². The fraction of sp³-hybridized carbons (Fsp3) is 0.308. The summed E-state index contributed by atoms with van der Waals surface area (Å²) in [5, 5.41) is 2.92. The van der Waals surface area contributed by atoms with E-state index in [1.807, 2.05) is 11.0 Å². The molecule has 182 valence electrons. The van der Waals surface area contributed by atoms with Gasteiger partial charge in [-0.25, -0.2) is 4.39 Å². The zero-order valence-corrected chi connectivity index (χ0v) is 18.8. The minimum Gasteiger partial charge on any atom is -0.368 e.